The number of benzene rings is 6. The van der Waals surface area contributed by atoms with Crippen molar-refractivity contribution in [3.63, 3.8) is 0 Å². The Labute approximate surface area is 258 Å². The van der Waals surface area contributed by atoms with Crippen LogP contribution in [0.1, 0.15) is 0 Å². The van der Waals surface area contributed by atoms with E-state index in [0.717, 1.165) is 44.0 Å². The average Bonchev–Trinajstić information content (AvgIpc) is 3.76. The number of fused-ring (bicyclic) bond motifs is 15. The van der Waals surface area contributed by atoms with Gasteiger partial charge in [0.1, 0.15) is 5.82 Å². The quantitative estimate of drug-likeness (QED) is 0.178. The van der Waals surface area contributed by atoms with Gasteiger partial charge in [-0.1, -0.05) is 97.1 Å². The molecule has 5 heterocycles. The van der Waals surface area contributed by atoms with Crippen LogP contribution in [0.25, 0.3) is 96.7 Å². The van der Waals surface area contributed by atoms with Crippen LogP contribution in [-0.2, 0) is 0 Å². The summed E-state index contributed by atoms with van der Waals surface area (Å²) in [5, 5.41) is 11.2. The minimum Gasteiger partial charge on any atom is -0.292 e. The Kier molecular flexibility index (Phi) is 4.32. The number of aromatic nitrogens is 3. The van der Waals surface area contributed by atoms with Gasteiger partial charge in [0.25, 0.3) is 5.56 Å². The highest BCUT2D eigenvalue weighted by Gasteiger charge is 2.24. The van der Waals surface area contributed by atoms with Gasteiger partial charge in [-0.2, -0.15) is 0 Å². The molecule has 5 aromatic heterocycles. The standard InChI is InChI=1S/C40H21N3OS/c44-40-25-14-4-1-11-22(25)29-21-33(41-36-27-16-6-9-19-31(27)43(40)37(29)36)42-30-18-8-5-15-26(30)34-23-12-2-3-13-24(23)35-28-17-7-10-20-32(28)45-39(35)38(34)42/h1-21H. The number of nitrogens with zero attached hydrogens (tertiary/aromatic N) is 3. The summed E-state index contributed by atoms with van der Waals surface area (Å²) in [7, 11) is 0. The minimum atomic E-state index is -0.00540. The first-order valence-corrected chi connectivity index (χ1v) is 15.9. The molecule has 0 bridgehead atoms. The first-order chi connectivity index (χ1) is 22.3. The van der Waals surface area contributed by atoms with Gasteiger partial charge in [0, 0.05) is 42.4 Å². The van der Waals surface area contributed by atoms with Crippen LogP contribution in [0, 0.1) is 0 Å². The smallest absolute Gasteiger partial charge is 0.263 e. The van der Waals surface area contributed by atoms with Crippen molar-refractivity contribution >= 4 is 102 Å². The van der Waals surface area contributed by atoms with Gasteiger partial charge in [-0.25, -0.2) is 4.98 Å². The summed E-state index contributed by atoms with van der Waals surface area (Å²) in [6.45, 7) is 0. The zero-order valence-electron chi connectivity index (χ0n) is 23.8. The fourth-order valence-electron chi connectivity index (χ4n) is 7.85. The lowest BCUT2D eigenvalue weighted by Gasteiger charge is -2.12. The number of rotatable bonds is 1. The third kappa shape index (κ3) is 2.83. The molecule has 45 heavy (non-hydrogen) atoms. The normalized spacial score (nSPS) is 12.5. The molecule has 0 aliphatic heterocycles. The molecule has 0 spiro atoms. The summed E-state index contributed by atoms with van der Waals surface area (Å²) in [6.07, 6.45) is 0. The molecule has 5 heteroatoms. The average molecular weight is 592 g/mol. The number of thiophene rings is 1. The molecule has 0 saturated carbocycles. The van der Waals surface area contributed by atoms with Crippen molar-refractivity contribution in [3.8, 4) is 5.82 Å². The number of hydrogen-bond acceptors (Lipinski definition) is 3. The van der Waals surface area contributed by atoms with E-state index in [1.807, 2.05) is 52.1 Å². The molecule has 0 atom stereocenters. The lowest BCUT2D eigenvalue weighted by atomic mass is 9.99. The lowest BCUT2D eigenvalue weighted by molar-refractivity contribution is 1.11. The summed E-state index contributed by atoms with van der Waals surface area (Å²) in [5.74, 6) is 0.852. The van der Waals surface area contributed by atoms with Crippen molar-refractivity contribution in [2.45, 2.75) is 0 Å². The topological polar surface area (TPSA) is 39.3 Å². The molecule has 208 valence electrons. The summed E-state index contributed by atoms with van der Waals surface area (Å²) in [6, 6.07) is 44.6. The number of hydrogen-bond donors (Lipinski definition) is 0. The Bertz CT molecular complexity index is 3130. The second-order valence-corrected chi connectivity index (χ2v) is 12.9. The Morgan fingerprint density at radius 3 is 1.91 bits per heavy atom. The monoisotopic (exact) mass is 591 g/mol. The van der Waals surface area contributed by atoms with Crippen LogP contribution in [0.5, 0.6) is 0 Å². The van der Waals surface area contributed by atoms with E-state index in [4.69, 9.17) is 4.98 Å². The second kappa shape index (κ2) is 8.23. The van der Waals surface area contributed by atoms with Crippen LogP contribution in [0.4, 0.5) is 0 Å². The van der Waals surface area contributed by atoms with Crippen LogP contribution in [0.15, 0.2) is 132 Å². The van der Waals surface area contributed by atoms with Gasteiger partial charge in [0.15, 0.2) is 0 Å². The molecule has 11 aromatic rings. The Hall–Kier alpha value is -5.78. The van der Waals surface area contributed by atoms with E-state index in [9.17, 15) is 4.79 Å². The van der Waals surface area contributed by atoms with Gasteiger partial charge < -0.3 is 0 Å². The third-order valence-corrected chi connectivity index (χ3v) is 10.8. The van der Waals surface area contributed by atoms with E-state index in [1.54, 1.807) is 0 Å². The fourth-order valence-corrected chi connectivity index (χ4v) is 9.11. The van der Waals surface area contributed by atoms with Crippen molar-refractivity contribution < 1.29 is 0 Å². The van der Waals surface area contributed by atoms with E-state index >= 15 is 0 Å². The predicted octanol–water partition coefficient (Wildman–Crippen LogP) is 10.2. The maximum absolute atomic E-state index is 13.9. The summed E-state index contributed by atoms with van der Waals surface area (Å²) in [4.78, 5) is 19.4. The molecule has 11 rings (SSSR count). The zero-order chi connectivity index (χ0) is 29.4. The molecule has 0 aliphatic rings. The second-order valence-electron chi connectivity index (χ2n) is 11.9. The summed E-state index contributed by atoms with van der Waals surface area (Å²) in [5.41, 5.74) is 4.90. The molecule has 0 aliphatic carbocycles. The van der Waals surface area contributed by atoms with Crippen LogP contribution in [0.2, 0.25) is 0 Å². The Balaban J connectivity index is 1.44. The first-order valence-electron chi connectivity index (χ1n) is 15.1. The van der Waals surface area contributed by atoms with E-state index in [1.165, 1.54) is 47.2 Å². The van der Waals surface area contributed by atoms with Gasteiger partial charge in [0.05, 0.1) is 32.3 Å². The zero-order valence-corrected chi connectivity index (χ0v) is 24.6. The van der Waals surface area contributed by atoms with Crippen molar-refractivity contribution in [1.82, 2.24) is 14.0 Å². The van der Waals surface area contributed by atoms with E-state index in [0.29, 0.717) is 5.39 Å². The fraction of sp³-hybridized carbons (Fsp3) is 0. The molecular weight excluding hydrogens is 571 g/mol. The van der Waals surface area contributed by atoms with Crippen LogP contribution < -0.4 is 5.56 Å². The summed E-state index contributed by atoms with van der Waals surface area (Å²) >= 11 is 1.85. The van der Waals surface area contributed by atoms with Crippen molar-refractivity contribution in [2.24, 2.45) is 0 Å². The highest BCUT2D eigenvalue weighted by Crippen LogP contribution is 2.48. The Morgan fingerprint density at radius 1 is 0.511 bits per heavy atom. The lowest BCUT2D eigenvalue weighted by Crippen LogP contribution is -2.13. The van der Waals surface area contributed by atoms with Crippen LogP contribution in [0.3, 0.4) is 0 Å². The van der Waals surface area contributed by atoms with E-state index in [2.05, 4.69) is 95.6 Å². The largest absolute Gasteiger partial charge is 0.292 e. The molecule has 0 saturated heterocycles. The predicted molar refractivity (Wildman–Crippen MR) is 190 cm³/mol. The van der Waals surface area contributed by atoms with Crippen LogP contribution in [-0.4, -0.2) is 14.0 Å². The van der Waals surface area contributed by atoms with Gasteiger partial charge in [-0.15, -0.1) is 11.3 Å². The summed E-state index contributed by atoms with van der Waals surface area (Å²) < 4.78 is 6.77. The maximum atomic E-state index is 13.9. The van der Waals surface area contributed by atoms with E-state index in [-0.39, 0.29) is 5.56 Å². The molecule has 0 radical (unpaired) electrons. The highest BCUT2D eigenvalue weighted by molar-refractivity contribution is 7.27. The van der Waals surface area contributed by atoms with Gasteiger partial charge in [-0.3, -0.25) is 13.8 Å². The molecule has 6 aromatic carbocycles. The van der Waals surface area contributed by atoms with E-state index < -0.39 is 0 Å². The van der Waals surface area contributed by atoms with Crippen molar-refractivity contribution in [3.05, 3.63) is 138 Å². The first kappa shape index (κ1) is 23.6. The SMILES string of the molecule is O=c1c2ccccc2c2cc(-n3c4ccccc4c4c5ccccc5c5c6ccccc6sc5c43)nc3c4ccccc4n1c23. The third-order valence-electron chi connectivity index (χ3n) is 9.63. The van der Waals surface area contributed by atoms with Crippen LogP contribution >= 0.6 is 11.3 Å². The van der Waals surface area contributed by atoms with Crippen molar-refractivity contribution in [2.75, 3.05) is 0 Å². The maximum Gasteiger partial charge on any atom is 0.263 e. The van der Waals surface area contributed by atoms with Gasteiger partial charge >= 0.3 is 0 Å². The molecule has 0 amide bonds. The molecule has 0 fully saturated rings. The van der Waals surface area contributed by atoms with Gasteiger partial charge in [-0.05, 0) is 46.5 Å². The van der Waals surface area contributed by atoms with Crippen molar-refractivity contribution in [1.29, 1.82) is 0 Å². The molecular formula is C40H21N3OS. The number of pyridine rings is 2. The molecule has 0 N–H and O–H groups in total. The Morgan fingerprint density at radius 2 is 1.11 bits per heavy atom. The highest BCUT2D eigenvalue weighted by atomic mass is 32.1. The molecule has 0 unspecified atom stereocenters. The number of para-hydroxylation sites is 2. The minimum absolute atomic E-state index is 0.00540. The van der Waals surface area contributed by atoms with Gasteiger partial charge in [0.2, 0.25) is 0 Å². The molecule has 4 nitrogen and oxygen atoms in total.